The van der Waals surface area contributed by atoms with Crippen LogP contribution in [0.3, 0.4) is 0 Å². The molecular weight excluding hydrogens is 166 g/mol. The fraction of sp³-hybridized carbons (Fsp3) is 0.600. The van der Waals surface area contributed by atoms with E-state index < -0.39 is 0 Å². The first-order chi connectivity index (χ1) is 6.24. The summed E-state index contributed by atoms with van der Waals surface area (Å²) in [5, 5.41) is 0. The number of nitrogens with zero attached hydrogens (tertiary/aromatic N) is 1. The number of carbonyl (C=O) groups excluding carboxylic acids is 2. The number of carbonyl (C=O) groups is 2. The molecule has 0 aromatic rings. The lowest BCUT2D eigenvalue weighted by Crippen LogP contribution is -2.39. The third-order valence-corrected chi connectivity index (χ3v) is 2.05. The molecule has 0 aliphatic carbocycles. The Kier molecular flexibility index (Phi) is 3.51. The van der Waals surface area contributed by atoms with Crippen molar-refractivity contribution in [1.82, 2.24) is 4.90 Å². The van der Waals surface area contributed by atoms with Gasteiger partial charge in [-0.25, -0.2) is 0 Å². The lowest BCUT2D eigenvalue weighted by molar-refractivity contribution is -0.139. The highest BCUT2D eigenvalue weighted by atomic mass is 16.2. The summed E-state index contributed by atoms with van der Waals surface area (Å²) in [4.78, 5) is 23.8. The van der Waals surface area contributed by atoms with Crippen LogP contribution in [0.1, 0.15) is 26.2 Å². The first kappa shape index (κ1) is 9.79. The predicted octanol–water partition coefficient (Wildman–Crippen LogP) is 0.591. The van der Waals surface area contributed by atoms with Crippen LogP contribution in [0.25, 0.3) is 0 Å². The minimum atomic E-state index is -0.0471. The molecule has 1 saturated heterocycles. The zero-order valence-electron chi connectivity index (χ0n) is 7.80. The number of hydrogen-bond donors (Lipinski definition) is 0. The number of Topliss-reactive ketones (excluding diaryl/α,β-unsaturated/α-hetero) is 1. The third kappa shape index (κ3) is 2.90. The van der Waals surface area contributed by atoms with Crippen LogP contribution in [0.5, 0.6) is 0 Å². The average molecular weight is 179 g/mol. The normalized spacial score (nSPS) is 16.8. The van der Waals surface area contributed by atoms with Gasteiger partial charge in [-0.05, 0) is 6.92 Å². The number of amides is 1. The van der Waals surface area contributed by atoms with Crippen molar-refractivity contribution in [2.45, 2.75) is 26.2 Å². The van der Waals surface area contributed by atoms with Gasteiger partial charge in [-0.15, -0.1) is 11.8 Å². The van der Waals surface area contributed by atoms with E-state index in [1.807, 2.05) is 0 Å². The Balaban J connectivity index is 2.36. The molecule has 1 amide bonds. The molecule has 0 unspecified atom stereocenters. The first-order valence-corrected chi connectivity index (χ1v) is 4.43. The molecule has 3 nitrogen and oxygen atoms in total. The summed E-state index contributed by atoms with van der Waals surface area (Å²) in [6, 6.07) is 0. The maximum absolute atomic E-state index is 11.3. The van der Waals surface area contributed by atoms with Crippen LogP contribution < -0.4 is 0 Å². The largest absolute Gasteiger partial charge is 0.341 e. The van der Waals surface area contributed by atoms with Crippen LogP contribution >= 0.6 is 0 Å². The Morgan fingerprint density at radius 1 is 1.46 bits per heavy atom. The van der Waals surface area contributed by atoms with E-state index in [1.54, 1.807) is 11.8 Å². The second kappa shape index (κ2) is 4.66. The molecule has 0 saturated carbocycles. The van der Waals surface area contributed by atoms with Crippen molar-refractivity contribution in [1.29, 1.82) is 0 Å². The van der Waals surface area contributed by atoms with E-state index >= 15 is 0 Å². The van der Waals surface area contributed by atoms with Gasteiger partial charge in [0.25, 0.3) is 0 Å². The van der Waals surface area contributed by atoms with E-state index in [0.29, 0.717) is 25.9 Å². The average Bonchev–Trinajstić information content (AvgIpc) is 2.09. The van der Waals surface area contributed by atoms with Crippen molar-refractivity contribution in [3.8, 4) is 11.8 Å². The van der Waals surface area contributed by atoms with Crippen LogP contribution in [-0.4, -0.2) is 29.7 Å². The summed E-state index contributed by atoms with van der Waals surface area (Å²) in [5.74, 6) is 5.69. The molecule has 1 heterocycles. The van der Waals surface area contributed by atoms with Crippen molar-refractivity contribution in [3.05, 3.63) is 0 Å². The summed E-state index contributed by atoms with van der Waals surface area (Å²) in [7, 11) is 0. The zero-order valence-corrected chi connectivity index (χ0v) is 7.80. The van der Waals surface area contributed by atoms with Crippen LogP contribution in [0.15, 0.2) is 0 Å². The molecule has 0 aromatic heterocycles. The smallest absolute Gasteiger partial charge is 0.230 e. The molecule has 1 rings (SSSR count). The molecule has 0 radical (unpaired) electrons. The van der Waals surface area contributed by atoms with Crippen LogP contribution in [0.2, 0.25) is 0 Å². The van der Waals surface area contributed by atoms with Gasteiger partial charge in [0, 0.05) is 25.9 Å². The zero-order chi connectivity index (χ0) is 9.68. The summed E-state index contributed by atoms with van der Waals surface area (Å²) < 4.78 is 0. The summed E-state index contributed by atoms with van der Waals surface area (Å²) in [6.45, 7) is 3.01. The fourth-order valence-electron chi connectivity index (χ4n) is 1.31. The van der Waals surface area contributed by atoms with Crippen molar-refractivity contribution < 1.29 is 9.59 Å². The van der Waals surface area contributed by atoms with Crippen molar-refractivity contribution in [2.24, 2.45) is 0 Å². The van der Waals surface area contributed by atoms with E-state index in [0.717, 1.165) is 0 Å². The highest BCUT2D eigenvalue weighted by Crippen LogP contribution is 2.07. The summed E-state index contributed by atoms with van der Waals surface area (Å²) in [5.41, 5.74) is 0. The second-order valence-corrected chi connectivity index (χ2v) is 3.02. The Labute approximate surface area is 78.1 Å². The van der Waals surface area contributed by atoms with Gasteiger partial charge in [0.1, 0.15) is 5.78 Å². The van der Waals surface area contributed by atoms with Gasteiger partial charge in [0.2, 0.25) is 5.91 Å². The van der Waals surface area contributed by atoms with Gasteiger partial charge >= 0.3 is 0 Å². The van der Waals surface area contributed by atoms with Gasteiger partial charge in [-0.1, -0.05) is 0 Å². The minimum absolute atomic E-state index is 0.0471. The molecule has 0 N–H and O–H groups in total. The molecule has 1 aliphatic rings. The van der Waals surface area contributed by atoms with Crippen molar-refractivity contribution >= 4 is 11.7 Å². The lowest BCUT2D eigenvalue weighted by atomic mass is 10.1. The molecule has 0 aromatic carbocycles. The monoisotopic (exact) mass is 179 g/mol. The van der Waals surface area contributed by atoms with Crippen molar-refractivity contribution in [2.75, 3.05) is 13.1 Å². The van der Waals surface area contributed by atoms with Crippen LogP contribution in [-0.2, 0) is 9.59 Å². The molecule has 0 atom stereocenters. The van der Waals surface area contributed by atoms with E-state index in [4.69, 9.17) is 0 Å². The van der Waals surface area contributed by atoms with E-state index in [1.165, 1.54) is 0 Å². The SMILES string of the molecule is CC#CCCN1CCC(=O)CC1=O. The van der Waals surface area contributed by atoms with Crippen LogP contribution in [0, 0.1) is 11.8 Å². The topological polar surface area (TPSA) is 37.4 Å². The summed E-state index contributed by atoms with van der Waals surface area (Å²) in [6.07, 6.45) is 1.29. The molecule has 1 fully saturated rings. The number of ketones is 1. The molecule has 13 heavy (non-hydrogen) atoms. The van der Waals surface area contributed by atoms with Gasteiger partial charge in [-0.2, -0.15) is 0 Å². The first-order valence-electron chi connectivity index (χ1n) is 4.43. The standard InChI is InChI=1S/C10H13NO2/c1-2-3-4-6-11-7-5-9(12)8-10(11)13/h4-8H2,1H3. The Hall–Kier alpha value is -1.30. The van der Waals surface area contributed by atoms with Crippen molar-refractivity contribution in [3.63, 3.8) is 0 Å². The Morgan fingerprint density at radius 3 is 2.85 bits per heavy atom. The minimum Gasteiger partial charge on any atom is -0.341 e. The number of piperidine rings is 1. The maximum Gasteiger partial charge on any atom is 0.230 e. The van der Waals surface area contributed by atoms with E-state index in [2.05, 4.69) is 11.8 Å². The van der Waals surface area contributed by atoms with Gasteiger partial charge in [0.15, 0.2) is 0 Å². The van der Waals surface area contributed by atoms with E-state index in [9.17, 15) is 9.59 Å². The molecule has 1 aliphatic heterocycles. The number of hydrogen-bond acceptors (Lipinski definition) is 2. The maximum atomic E-state index is 11.3. The predicted molar refractivity (Wildman–Crippen MR) is 48.9 cm³/mol. The van der Waals surface area contributed by atoms with Crippen LogP contribution in [0.4, 0.5) is 0 Å². The quantitative estimate of drug-likeness (QED) is 0.459. The lowest BCUT2D eigenvalue weighted by Gasteiger charge is -2.25. The molecule has 70 valence electrons. The highest BCUT2D eigenvalue weighted by molar-refractivity contribution is 6.00. The van der Waals surface area contributed by atoms with E-state index in [-0.39, 0.29) is 18.1 Å². The number of likely N-dealkylation sites (tertiary alicyclic amines) is 1. The second-order valence-electron chi connectivity index (χ2n) is 3.02. The highest BCUT2D eigenvalue weighted by Gasteiger charge is 2.22. The Bertz CT molecular complexity index is 272. The molecule has 3 heteroatoms. The Morgan fingerprint density at radius 2 is 2.23 bits per heavy atom. The molecule has 0 spiro atoms. The number of rotatable bonds is 2. The van der Waals surface area contributed by atoms with Gasteiger partial charge < -0.3 is 4.90 Å². The molecular formula is C10H13NO2. The molecule has 0 bridgehead atoms. The summed E-state index contributed by atoms with van der Waals surface area (Å²) >= 11 is 0. The fourth-order valence-corrected chi connectivity index (χ4v) is 1.31. The third-order valence-electron chi connectivity index (χ3n) is 2.05. The van der Waals surface area contributed by atoms with Gasteiger partial charge in [0.05, 0.1) is 6.42 Å². The van der Waals surface area contributed by atoms with Gasteiger partial charge in [-0.3, -0.25) is 9.59 Å².